The van der Waals surface area contributed by atoms with Gasteiger partial charge in [-0.25, -0.2) is 0 Å². The second-order valence-electron chi connectivity index (χ2n) is 5.38. The van der Waals surface area contributed by atoms with Gasteiger partial charge in [0.1, 0.15) is 0 Å². The monoisotopic (exact) mass is 402 g/mol. The van der Waals surface area contributed by atoms with E-state index in [4.69, 9.17) is 4.74 Å². The number of ether oxygens (including phenoxy) is 1. The van der Waals surface area contributed by atoms with Crippen LogP contribution in [0, 0.1) is 0 Å². The number of aromatic hydroxyl groups is 2. The molecule has 0 aliphatic rings. The quantitative estimate of drug-likeness (QED) is 0.583. The molecule has 3 aromatic rings. The number of methoxy groups -OCH3 is 1. The van der Waals surface area contributed by atoms with Crippen LogP contribution in [-0.2, 0) is 6.54 Å². The first-order valence-electron chi connectivity index (χ1n) is 7.40. The lowest BCUT2D eigenvalue weighted by Crippen LogP contribution is -2.08. The molecule has 1 aromatic heterocycles. The maximum Gasteiger partial charge on any atom is 0.258 e. The van der Waals surface area contributed by atoms with Crippen molar-refractivity contribution in [1.82, 2.24) is 4.98 Å². The molecule has 0 bridgehead atoms. The largest absolute Gasteiger partial charge is 0.504 e. The number of phenols is 1. The molecule has 6 nitrogen and oxygen atoms in total. The number of aromatic amines is 1. The van der Waals surface area contributed by atoms with Crippen LogP contribution < -0.4 is 10.3 Å². The molecular weight excluding hydrogens is 388 g/mol. The lowest BCUT2D eigenvalue weighted by Gasteiger charge is -2.06. The third-order valence-electron chi connectivity index (χ3n) is 3.74. The van der Waals surface area contributed by atoms with Crippen molar-refractivity contribution >= 4 is 32.9 Å². The molecule has 0 radical (unpaired) electrons. The molecule has 2 aromatic carbocycles. The Morgan fingerprint density at radius 3 is 2.76 bits per heavy atom. The Morgan fingerprint density at radius 1 is 1.20 bits per heavy atom. The number of benzene rings is 2. The van der Waals surface area contributed by atoms with Crippen molar-refractivity contribution < 1.29 is 14.9 Å². The fourth-order valence-electron chi connectivity index (χ4n) is 2.50. The number of nitrogens with one attached hydrogen (secondary N) is 1. The Hall–Kier alpha value is -2.80. The minimum Gasteiger partial charge on any atom is -0.504 e. The van der Waals surface area contributed by atoms with Crippen LogP contribution in [0.4, 0.5) is 0 Å². The molecule has 25 heavy (non-hydrogen) atoms. The van der Waals surface area contributed by atoms with Crippen molar-refractivity contribution in [3.63, 3.8) is 0 Å². The standard InChI is InChI=1S/C18H15BrN2O4/c1-25-16-6-10(2-5-15(16)22)8-20-9-14-13-7-11(19)3-4-12(13)17(23)21-18(14)24/h2-7,9,22H,8H2,1H3,(H2,21,23,24). The van der Waals surface area contributed by atoms with Crippen molar-refractivity contribution in [2.45, 2.75) is 6.54 Å². The summed E-state index contributed by atoms with van der Waals surface area (Å²) in [4.78, 5) is 18.7. The first-order valence-corrected chi connectivity index (χ1v) is 8.19. The molecule has 0 atom stereocenters. The number of pyridine rings is 1. The molecule has 1 heterocycles. The van der Waals surface area contributed by atoms with Gasteiger partial charge in [-0.2, -0.15) is 0 Å². The Balaban J connectivity index is 1.96. The van der Waals surface area contributed by atoms with Crippen molar-refractivity contribution in [1.29, 1.82) is 0 Å². The summed E-state index contributed by atoms with van der Waals surface area (Å²) in [6.45, 7) is 0.324. The normalized spacial score (nSPS) is 11.3. The van der Waals surface area contributed by atoms with Crippen molar-refractivity contribution in [3.05, 3.63) is 62.4 Å². The summed E-state index contributed by atoms with van der Waals surface area (Å²) in [5.41, 5.74) is 0.905. The minimum absolute atomic E-state index is 0.0596. The summed E-state index contributed by atoms with van der Waals surface area (Å²) in [6.07, 6.45) is 1.51. The lowest BCUT2D eigenvalue weighted by atomic mass is 10.1. The van der Waals surface area contributed by atoms with Crippen LogP contribution in [0.1, 0.15) is 11.1 Å². The minimum atomic E-state index is -0.361. The zero-order valence-corrected chi connectivity index (χ0v) is 14.9. The number of nitrogens with zero attached hydrogens (tertiary/aromatic N) is 1. The van der Waals surface area contributed by atoms with E-state index in [0.29, 0.717) is 28.6 Å². The van der Waals surface area contributed by atoms with Crippen LogP contribution in [-0.4, -0.2) is 28.5 Å². The summed E-state index contributed by atoms with van der Waals surface area (Å²) in [6, 6.07) is 10.2. The summed E-state index contributed by atoms with van der Waals surface area (Å²) in [5.74, 6) is 0.195. The fourth-order valence-corrected chi connectivity index (χ4v) is 2.86. The van der Waals surface area contributed by atoms with E-state index in [2.05, 4.69) is 25.9 Å². The van der Waals surface area contributed by atoms with Crippen LogP contribution in [0.2, 0.25) is 0 Å². The van der Waals surface area contributed by atoms with E-state index < -0.39 is 0 Å². The van der Waals surface area contributed by atoms with Crippen LogP contribution in [0.15, 0.2) is 50.7 Å². The number of aliphatic imine (C=N–C) groups is 1. The molecule has 3 N–H and O–H groups in total. The van der Waals surface area contributed by atoms with Gasteiger partial charge in [0, 0.05) is 21.5 Å². The van der Waals surface area contributed by atoms with Gasteiger partial charge in [0.2, 0.25) is 5.88 Å². The molecule has 3 rings (SSSR count). The second-order valence-corrected chi connectivity index (χ2v) is 6.30. The van der Waals surface area contributed by atoms with E-state index >= 15 is 0 Å². The maximum absolute atomic E-state index is 11.9. The van der Waals surface area contributed by atoms with Gasteiger partial charge in [-0.05, 0) is 35.9 Å². The highest BCUT2D eigenvalue weighted by molar-refractivity contribution is 9.10. The molecule has 0 fully saturated rings. The van der Waals surface area contributed by atoms with Gasteiger partial charge in [-0.1, -0.05) is 22.0 Å². The number of H-pyrrole nitrogens is 1. The SMILES string of the molecule is COc1cc(CN=Cc2c(O)[nH]c(=O)c3ccc(Br)cc23)ccc1O. The number of hydrogen-bond donors (Lipinski definition) is 3. The van der Waals surface area contributed by atoms with Crippen LogP contribution in [0.3, 0.4) is 0 Å². The smallest absolute Gasteiger partial charge is 0.258 e. The number of aromatic nitrogens is 1. The zero-order valence-electron chi connectivity index (χ0n) is 13.3. The first kappa shape index (κ1) is 17.0. The second kappa shape index (κ2) is 6.98. The average molecular weight is 403 g/mol. The van der Waals surface area contributed by atoms with Crippen LogP contribution >= 0.6 is 15.9 Å². The molecule has 0 saturated heterocycles. The fraction of sp³-hybridized carbons (Fsp3) is 0.111. The van der Waals surface area contributed by atoms with Crippen LogP contribution in [0.25, 0.3) is 10.8 Å². The molecule has 7 heteroatoms. The molecule has 0 saturated carbocycles. The Labute approximate surface area is 151 Å². The van der Waals surface area contributed by atoms with Crippen molar-refractivity contribution in [2.24, 2.45) is 4.99 Å². The van der Waals surface area contributed by atoms with Gasteiger partial charge in [0.25, 0.3) is 5.56 Å². The molecule has 0 amide bonds. The van der Waals surface area contributed by atoms with Crippen molar-refractivity contribution in [3.8, 4) is 17.4 Å². The predicted molar refractivity (Wildman–Crippen MR) is 99.9 cm³/mol. The van der Waals surface area contributed by atoms with Gasteiger partial charge in [-0.3, -0.25) is 14.8 Å². The average Bonchev–Trinajstić information content (AvgIpc) is 2.58. The Morgan fingerprint density at radius 2 is 2.00 bits per heavy atom. The van der Waals surface area contributed by atoms with Gasteiger partial charge >= 0.3 is 0 Å². The van der Waals surface area contributed by atoms with E-state index in [9.17, 15) is 15.0 Å². The Bertz CT molecular complexity index is 1030. The highest BCUT2D eigenvalue weighted by Gasteiger charge is 2.10. The molecular formula is C18H15BrN2O4. The molecule has 0 aliphatic heterocycles. The molecule has 0 unspecified atom stereocenters. The van der Waals surface area contributed by atoms with E-state index in [1.54, 1.807) is 30.3 Å². The number of phenolic OH excluding ortho intramolecular Hbond substituents is 1. The molecule has 0 aliphatic carbocycles. The maximum atomic E-state index is 11.9. The van der Waals surface area contributed by atoms with Crippen molar-refractivity contribution in [2.75, 3.05) is 7.11 Å². The van der Waals surface area contributed by atoms with Gasteiger partial charge in [0.05, 0.1) is 19.2 Å². The summed E-state index contributed by atoms with van der Waals surface area (Å²) >= 11 is 3.37. The first-order chi connectivity index (χ1) is 12.0. The highest BCUT2D eigenvalue weighted by Crippen LogP contribution is 2.27. The number of halogens is 1. The summed E-state index contributed by atoms with van der Waals surface area (Å²) in [7, 11) is 1.48. The van der Waals surface area contributed by atoms with E-state index in [0.717, 1.165) is 10.0 Å². The van der Waals surface area contributed by atoms with E-state index in [1.165, 1.54) is 19.4 Å². The third-order valence-corrected chi connectivity index (χ3v) is 4.24. The van der Waals surface area contributed by atoms with Crippen LogP contribution in [0.5, 0.6) is 17.4 Å². The van der Waals surface area contributed by atoms with Gasteiger partial charge in [-0.15, -0.1) is 0 Å². The van der Waals surface area contributed by atoms with Gasteiger partial charge in [0.15, 0.2) is 11.5 Å². The number of rotatable bonds is 4. The van der Waals surface area contributed by atoms with Gasteiger partial charge < -0.3 is 14.9 Å². The van der Waals surface area contributed by atoms with E-state index in [-0.39, 0.29) is 17.2 Å². The topological polar surface area (TPSA) is 94.9 Å². The summed E-state index contributed by atoms with van der Waals surface area (Å²) in [5, 5.41) is 20.8. The zero-order chi connectivity index (χ0) is 18.0. The Kier molecular flexibility index (Phi) is 4.76. The van der Waals surface area contributed by atoms with E-state index in [1.807, 2.05) is 0 Å². The summed E-state index contributed by atoms with van der Waals surface area (Å²) < 4.78 is 5.86. The third kappa shape index (κ3) is 3.51. The lowest BCUT2D eigenvalue weighted by molar-refractivity contribution is 0.373. The molecule has 0 spiro atoms. The number of fused-ring (bicyclic) bond motifs is 1. The highest BCUT2D eigenvalue weighted by atomic mass is 79.9. The predicted octanol–water partition coefficient (Wildman–Crippen LogP) is 3.33. The number of hydrogen-bond acceptors (Lipinski definition) is 5. The molecule has 128 valence electrons.